The van der Waals surface area contributed by atoms with Crippen LogP contribution in [0.25, 0.3) is 0 Å². The summed E-state index contributed by atoms with van der Waals surface area (Å²) in [5.41, 5.74) is 0.379. The van der Waals surface area contributed by atoms with Crippen LogP contribution >= 0.6 is 11.3 Å². The SMILES string of the molecule is Cc1nnc(N2CCC3(CC2)COC(COCC2CC2)C3)s1. The summed E-state index contributed by atoms with van der Waals surface area (Å²) >= 11 is 1.70. The molecule has 122 valence electrons. The smallest absolute Gasteiger partial charge is 0.208 e. The number of piperidine rings is 1. The Balaban J connectivity index is 1.25. The average Bonchev–Trinajstić information content (AvgIpc) is 3.12. The third kappa shape index (κ3) is 3.29. The second kappa shape index (κ2) is 6.06. The number of hydrogen-bond acceptors (Lipinski definition) is 6. The van der Waals surface area contributed by atoms with Gasteiger partial charge in [0.1, 0.15) is 5.01 Å². The second-order valence-electron chi connectivity index (χ2n) is 7.21. The van der Waals surface area contributed by atoms with E-state index >= 15 is 0 Å². The van der Waals surface area contributed by atoms with Crippen LogP contribution in [0.1, 0.15) is 37.1 Å². The van der Waals surface area contributed by atoms with Gasteiger partial charge in [-0.3, -0.25) is 0 Å². The fourth-order valence-electron chi connectivity index (χ4n) is 3.59. The molecule has 3 heterocycles. The third-order valence-corrected chi connectivity index (χ3v) is 6.15. The number of anilines is 1. The molecule has 3 aliphatic rings. The standard InChI is InChI=1S/C16H25N3O2S/c1-12-17-18-15(22-12)19-6-4-16(5-7-19)8-14(21-11-16)10-20-9-13-2-3-13/h13-14H,2-11H2,1H3. The number of ether oxygens (including phenoxy) is 2. The maximum atomic E-state index is 6.02. The molecular formula is C16H25N3O2S. The highest BCUT2D eigenvalue weighted by molar-refractivity contribution is 7.15. The summed E-state index contributed by atoms with van der Waals surface area (Å²) in [6.45, 7) is 6.81. The molecule has 0 N–H and O–H groups in total. The van der Waals surface area contributed by atoms with Gasteiger partial charge in [0, 0.05) is 19.7 Å². The molecule has 4 rings (SSSR count). The molecule has 1 aromatic rings. The van der Waals surface area contributed by atoms with Gasteiger partial charge in [-0.25, -0.2) is 0 Å². The van der Waals surface area contributed by atoms with E-state index in [1.807, 2.05) is 6.92 Å². The van der Waals surface area contributed by atoms with E-state index < -0.39 is 0 Å². The second-order valence-corrected chi connectivity index (χ2v) is 8.37. The number of hydrogen-bond donors (Lipinski definition) is 0. The third-order valence-electron chi connectivity index (χ3n) is 5.25. The van der Waals surface area contributed by atoms with E-state index in [1.54, 1.807) is 11.3 Å². The molecule has 1 unspecified atom stereocenters. The highest BCUT2D eigenvalue weighted by atomic mass is 32.1. The molecular weight excluding hydrogens is 298 g/mol. The van der Waals surface area contributed by atoms with Gasteiger partial charge in [-0.1, -0.05) is 11.3 Å². The monoisotopic (exact) mass is 323 g/mol. The minimum absolute atomic E-state index is 0.314. The highest BCUT2D eigenvalue weighted by Crippen LogP contribution is 2.43. The van der Waals surface area contributed by atoms with Gasteiger partial charge in [-0.15, -0.1) is 10.2 Å². The first-order valence-electron chi connectivity index (χ1n) is 8.47. The average molecular weight is 323 g/mol. The maximum Gasteiger partial charge on any atom is 0.208 e. The van der Waals surface area contributed by atoms with E-state index in [9.17, 15) is 0 Å². The fraction of sp³-hybridized carbons (Fsp3) is 0.875. The van der Waals surface area contributed by atoms with Crippen molar-refractivity contribution in [3.05, 3.63) is 5.01 Å². The lowest BCUT2D eigenvalue weighted by atomic mass is 9.77. The van der Waals surface area contributed by atoms with Crippen LogP contribution in [-0.4, -0.2) is 49.2 Å². The molecule has 0 amide bonds. The van der Waals surface area contributed by atoms with E-state index in [-0.39, 0.29) is 0 Å². The Labute approximate surface area is 136 Å². The van der Waals surface area contributed by atoms with Crippen molar-refractivity contribution in [2.24, 2.45) is 11.3 Å². The van der Waals surface area contributed by atoms with E-state index in [1.165, 1.54) is 32.1 Å². The molecule has 1 saturated carbocycles. The van der Waals surface area contributed by atoms with Crippen molar-refractivity contribution in [1.29, 1.82) is 0 Å². The summed E-state index contributed by atoms with van der Waals surface area (Å²) in [5, 5.41) is 10.5. The van der Waals surface area contributed by atoms with Gasteiger partial charge in [0.25, 0.3) is 0 Å². The number of aryl methyl sites for hydroxylation is 1. The lowest BCUT2D eigenvalue weighted by molar-refractivity contribution is 0.0110. The van der Waals surface area contributed by atoms with Crippen molar-refractivity contribution in [1.82, 2.24) is 10.2 Å². The largest absolute Gasteiger partial charge is 0.378 e. The topological polar surface area (TPSA) is 47.5 Å². The van der Waals surface area contributed by atoms with Crippen LogP contribution in [0.15, 0.2) is 0 Å². The summed E-state index contributed by atoms with van der Waals surface area (Å²) in [6.07, 6.45) is 6.59. The Morgan fingerprint density at radius 1 is 1.27 bits per heavy atom. The zero-order chi connectivity index (χ0) is 15.0. The van der Waals surface area contributed by atoms with Gasteiger partial charge in [0.05, 0.1) is 19.3 Å². The molecule has 0 radical (unpaired) electrons. The molecule has 6 heteroatoms. The quantitative estimate of drug-likeness (QED) is 0.834. The lowest BCUT2D eigenvalue weighted by Gasteiger charge is -2.38. The molecule has 3 fully saturated rings. The van der Waals surface area contributed by atoms with Crippen LogP contribution in [0.5, 0.6) is 0 Å². The van der Waals surface area contributed by atoms with Crippen LogP contribution < -0.4 is 4.90 Å². The Hall–Kier alpha value is -0.720. The predicted molar refractivity (Wildman–Crippen MR) is 86.4 cm³/mol. The number of nitrogens with zero attached hydrogens (tertiary/aromatic N) is 3. The van der Waals surface area contributed by atoms with Crippen LogP contribution in [-0.2, 0) is 9.47 Å². The van der Waals surface area contributed by atoms with Crippen LogP contribution in [0.2, 0.25) is 0 Å². The lowest BCUT2D eigenvalue weighted by Crippen LogP contribution is -2.40. The summed E-state index contributed by atoms with van der Waals surface area (Å²) < 4.78 is 11.8. The van der Waals surface area contributed by atoms with Crippen molar-refractivity contribution >= 4 is 16.5 Å². The Bertz CT molecular complexity index is 509. The van der Waals surface area contributed by atoms with Crippen molar-refractivity contribution in [2.75, 3.05) is 37.8 Å². The zero-order valence-electron chi connectivity index (χ0n) is 13.3. The molecule has 5 nitrogen and oxygen atoms in total. The minimum atomic E-state index is 0.314. The van der Waals surface area contributed by atoms with Crippen molar-refractivity contribution in [3.63, 3.8) is 0 Å². The van der Waals surface area contributed by atoms with Crippen molar-refractivity contribution in [2.45, 2.75) is 45.1 Å². The maximum absolute atomic E-state index is 6.02. The van der Waals surface area contributed by atoms with Gasteiger partial charge in [-0.2, -0.15) is 0 Å². The van der Waals surface area contributed by atoms with E-state index in [0.717, 1.165) is 49.0 Å². The van der Waals surface area contributed by atoms with Gasteiger partial charge in [0.2, 0.25) is 5.13 Å². The molecule has 22 heavy (non-hydrogen) atoms. The molecule has 0 bridgehead atoms. The van der Waals surface area contributed by atoms with Gasteiger partial charge in [0.15, 0.2) is 0 Å². The number of rotatable bonds is 5. The Morgan fingerprint density at radius 2 is 2.09 bits per heavy atom. The highest BCUT2D eigenvalue weighted by Gasteiger charge is 2.42. The normalized spacial score (nSPS) is 27.7. The van der Waals surface area contributed by atoms with Crippen molar-refractivity contribution in [3.8, 4) is 0 Å². The van der Waals surface area contributed by atoms with Gasteiger partial charge in [-0.05, 0) is 50.4 Å². The van der Waals surface area contributed by atoms with Crippen LogP contribution in [0, 0.1) is 18.3 Å². The first-order valence-corrected chi connectivity index (χ1v) is 9.29. The van der Waals surface area contributed by atoms with E-state index in [2.05, 4.69) is 15.1 Å². The summed E-state index contributed by atoms with van der Waals surface area (Å²) in [7, 11) is 0. The first-order chi connectivity index (χ1) is 10.7. The Morgan fingerprint density at radius 3 is 2.77 bits per heavy atom. The van der Waals surface area contributed by atoms with Gasteiger partial charge >= 0.3 is 0 Å². The zero-order valence-corrected chi connectivity index (χ0v) is 14.1. The predicted octanol–water partition coefficient (Wildman–Crippen LogP) is 2.65. The summed E-state index contributed by atoms with van der Waals surface area (Å²) in [6, 6.07) is 0. The molecule has 1 aromatic heterocycles. The number of aromatic nitrogens is 2. The molecule has 1 aliphatic carbocycles. The molecule has 2 aliphatic heterocycles. The molecule has 2 saturated heterocycles. The minimum Gasteiger partial charge on any atom is -0.378 e. The molecule has 1 atom stereocenters. The van der Waals surface area contributed by atoms with E-state index in [4.69, 9.17) is 9.47 Å². The Kier molecular flexibility index (Phi) is 4.09. The first kappa shape index (κ1) is 14.8. The fourth-order valence-corrected chi connectivity index (χ4v) is 4.33. The summed E-state index contributed by atoms with van der Waals surface area (Å²) in [5.74, 6) is 0.842. The van der Waals surface area contributed by atoms with E-state index in [0.29, 0.717) is 11.5 Å². The van der Waals surface area contributed by atoms with Crippen molar-refractivity contribution < 1.29 is 9.47 Å². The van der Waals surface area contributed by atoms with Crippen LogP contribution in [0.4, 0.5) is 5.13 Å². The molecule has 0 aromatic carbocycles. The molecule has 1 spiro atoms. The van der Waals surface area contributed by atoms with Gasteiger partial charge < -0.3 is 14.4 Å². The summed E-state index contributed by atoms with van der Waals surface area (Å²) in [4.78, 5) is 2.38. The van der Waals surface area contributed by atoms with Crippen LogP contribution in [0.3, 0.4) is 0 Å².